The smallest absolute Gasteiger partial charge is 0.193 e. The molecule has 7 aromatic carbocycles. The summed E-state index contributed by atoms with van der Waals surface area (Å²) in [6, 6.07) is 37.9. The normalized spacial score (nSPS) is 10.8. The summed E-state index contributed by atoms with van der Waals surface area (Å²) < 4.78 is 67.5. The Hall–Kier alpha value is -6.83. The average molecular weight is 1910 g/mol. The fourth-order valence-corrected chi connectivity index (χ4v) is 14.5. The van der Waals surface area contributed by atoms with Crippen molar-refractivity contribution in [3.63, 3.8) is 0 Å². The first-order chi connectivity index (χ1) is 64.5. The van der Waals surface area contributed by atoms with Crippen LogP contribution in [-0.4, -0.2) is 0 Å². The molecule has 7 aromatic rings. The van der Waals surface area contributed by atoms with Crippen molar-refractivity contribution in [3.8, 4) is 0 Å². The van der Waals surface area contributed by atoms with Gasteiger partial charge in [-0.15, -0.1) is 0 Å². The van der Waals surface area contributed by atoms with E-state index in [-0.39, 0.29) is 50.1 Å². The van der Waals surface area contributed by atoms with E-state index in [9.17, 15) is 22.0 Å². The van der Waals surface area contributed by atoms with Crippen molar-refractivity contribution in [1.82, 2.24) is 0 Å². The molecule has 0 N–H and O–H groups in total. The minimum atomic E-state index is -0.446. The topological polar surface area (TPSA) is 8.72 Å². The Bertz CT molecular complexity index is 3910. The molecule has 0 atom stereocenters. The van der Waals surface area contributed by atoms with Gasteiger partial charge in [-0.2, -0.15) is 0 Å². The number of benzene rings is 7. The van der Waals surface area contributed by atoms with Gasteiger partial charge < -0.3 is 0 Å². The summed E-state index contributed by atoms with van der Waals surface area (Å²) in [5, 5.41) is 0. The van der Waals surface area contributed by atoms with Gasteiger partial charge >= 0.3 is 0 Å². The third-order valence-electron chi connectivity index (χ3n) is 30.1. The highest BCUT2D eigenvalue weighted by Crippen LogP contribution is 2.40. The molecule has 0 unspecified atom stereocenters. The van der Waals surface area contributed by atoms with E-state index in [1.54, 1.807) is 32.0 Å². The first kappa shape index (κ1) is 143. The van der Waals surface area contributed by atoms with E-state index in [2.05, 4.69) is 319 Å². The number of rotatable bonds is 35. The molecular formula is C130H221F5N2. The Balaban J connectivity index is -0.000000272. The molecule has 0 aliphatic heterocycles. The van der Waals surface area contributed by atoms with Crippen molar-refractivity contribution in [2.75, 3.05) is 0 Å². The fourth-order valence-electron chi connectivity index (χ4n) is 14.5. The number of hydrogen-bond acceptors (Lipinski definition) is 0. The molecule has 0 aliphatic carbocycles. The molecule has 786 valence electrons. The fraction of sp³-hybridized carbons (Fsp3) is 0.662. The molecule has 0 saturated carbocycles. The van der Waals surface area contributed by atoms with Crippen LogP contribution in [0.4, 0.5) is 33.3 Å². The Morgan fingerprint density at radius 3 is 0.635 bits per heavy atom. The molecule has 0 saturated heterocycles. The van der Waals surface area contributed by atoms with Crippen molar-refractivity contribution < 1.29 is 22.0 Å². The molecular weight excluding hydrogens is 1680 g/mol. The molecule has 0 spiro atoms. The lowest BCUT2D eigenvalue weighted by Gasteiger charge is -2.28. The van der Waals surface area contributed by atoms with E-state index in [1.165, 1.54) is 213 Å². The second-order valence-corrected chi connectivity index (χ2v) is 40.3. The van der Waals surface area contributed by atoms with Gasteiger partial charge in [-0.25, -0.2) is 31.6 Å². The standard InChI is InChI=1S/C14H18FN.C14H21F.C14H19N.C14H22.C13H18F2.C13H19F.C13H20.7C5H12/c1-6-14(4,7-2)11-8-12(15)10(3)13(9-11)16-5;1-6-14(5,7-2)12-8-10(3)11(4)13(15)9-12;1-6-14(4,7-2)12-9-8-11(3)13(10-12)15-5;1-6-14(5,7-2)13-9-8-11(3)12(4)10-13;1-5-13(4,6-2)10-7-11(14)9(3)12(15)8-10;1-5-13(4,6-2)11-8-7-10(3)12(14)9-11;1-5-13(4,6-2)12-9-7-11(3)8-10-12;7*1-3-5-4-2/h8-9H,6-7H2,1-4H3;8-9H,6-7H2,1-5H3;8-10H,6-7H2,1-4H3;8-10H,6-7H2,1-5H3;7-8H,5-6H2,1-4H3;7-9H,5-6H2,1-4H3;7-10H,5-6H2,1-4H3;7*3-5H2,1-2H3. The third kappa shape index (κ3) is 56.6. The molecule has 2 nitrogen and oxygen atoms in total. The van der Waals surface area contributed by atoms with Crippen molar-refractivity contribution in [2.24, 2.45) is 0 Å². The van der Waals surface area contributed by atoms with Crippen LogP contribution < -0.4 is 0 Å². The summed E-state index contributed by atoms with van der Waals surface area (Å²) in [6.07, 6.45) is 43.5. The molecule has 0 aliphatic rings. The predicted octanol–water partition coefficient (Wildman–Crippen LogP) is 46.3. The maximum Gasteiger partial charge on any atom is 0.193 e. The van der Waals surface area contributed by atoms with Crippen molar-refractivity contribution in [1.29, 1.82) is 0 Å². The zero-order chi connectivity index (χ0) is 107. The number of nitrogens with zero attached hydrogens (tertiary/aromatic N) is 2. The zero-order valence-electron chi connectivity index (χ0n) is 98.5. The van der Waals surface area contributed by atoms with Gasteiger partial charge in [0.05, 0.1) is 13.1 Å². The lowest BCUT2D eigenvalue weighted by Crippen LogP contribution is -2.20. The van der Waals surface area contributed by atoms with Gasteiger partial charge in [0.2, 0.25) is 0 Å². The van der Waals surface area contributed by atoms with E-state index < -0.39 is 11.6 Å². The van der Waals surface area contributed by atoms with Gasteiger partial charge in [0.1, 0.15) is 29.1 Å². The number of halogens is 5. The lowest BCUT2D eigenvalue weighted by molar-refractivity contribution is 0.430. The number of aryl methyl sites for hydroxylation is 6. The molecule has 7 heteroatoms. The summed E-state index contributed by atoms with van der Waals surface area (Å²) in [4.78, 5) is 6.95. The lowest BCUT2D eigenvalue weighted by atomic mass is 9.77. The molecule has 0 radical (unpaired) electrons. The van der Waals surface area contributed by atoms with Crippen LogP contribution in [0.1, 0.15) is 556 Å². The summed E-state index contributed by atoms with van der Waals surface area (Å²) in [6.45, 7) is 108. The largest absolute Gasteiger partial charge is 0.238 e. The second-order valence-electron chi connectivity index (χ2n) is 40.3. The van der Waals surface area contributed by atoms with E-state index >= 15 is 0 Å². The maximum atomic E-state index is 13.7. The van der Waals surface area contributed by atoms with Crippen LogP contribution in [0.15, 0.2) is 115 Å². The van der Waals surface area contributed by atoms with Gasteiger partial charge in [-0.05, 0) is 293 Å². The minimum Gasteiger partial charge on any atom is -0.238 e. The SMILES string of the molecule is CCC(C)(CC)c1cc(C)c(C)c(F)c1.CCC(C)(CC)c1cc(F)c(C)c(F)c1.CCC(C)(CC)c1ccc(C)c(C)c1.CCC(C)(CC)c1ccc(C)c(F)c1.CCC(C)(CC)c1ccc(C)cc1.CCCCC.CCCCC.CCCCC.CCCCC.CCCCC.CCCCC.CCCCC.[C-]#[N+]c1cc(C(C)(CC)CC)cc(F)c1C.[C-]#[N+]c1cc(C(C)(CC)CC)ccc1C. The minimum absolute atomic E-state index is 0.0337. The second kappa shape index (κ2) is 82.7. The molecule has 0 heterocycles. The van der Waals surface area contributed by atoms with Crippen molar-refractivity contribution in [2.45, 2.75) is 567 Å². The van der Waals surface area contributed by atoms with Crippen LogP contribution in [-0.2, 0) is 37.9 Å². The molecule has 137 heavy (non-hydrogen) atoms. The van der Waals surface area contributed by atoms with Gasteiger partial charge in [0.25, 0.3) is 0 Å². The van der Waals surface area contributed by atoms with Crippen LogP contribution in [0.3, 0.4) is 0 Å². The monoisotopic (exact) mass is 1910 g/mol. The highest BCUT2D eigenvalue weighted by atomic mass is 19.1. The summed E-state index contributed by atoms with van der Waals surface area (Å²) in [5.41, 5.74) is 18.8. The van der Waals surface area contributed by atoms with Crippen LogP contribution in [0, 0.1) is 105 Å². The Morgan fingerprint density at radius 2 is 0.387 bits per heavy atom. The average Bonchev–Trinajstić information content (AvgIpc) is 0.809. The van der Waals surface area contributed by atoms with Crippen LogP contribution in [0.25, 0.3) is 9.69 Å². The summed E-state index contributed by atoms with van der Waals surface area (Å²) in [5.74, 6) is -1.32. The van der Waals surface area contributed by atoms with Gasteiger partial charge in [0.15, 0.2) is 11.4 Å². The molecule has 0 bridgehead atoms. The van der Waals surface area contributed by atoms with Crippen molar-refractivity contribution >= 4 is 11.4 Å². The van der Waals surface area contributed by atoms with Gasteiger partial charge in [-0.1, -0.05) is 473 Å². The molecule has 7 rings (SSSR count). The third-order valence-corrected chi connectivity index (χ3v) is 30.1. The predicted molar refractivity (Wildman–Crippen MR) is 612 cm³/mol. The van der Waals surface area contributed by atoms with Crippen molar-refractivity contribution in [3.05, 3.63) is 256 Å². The van der Waals surface area contributed by atoms with Crippen LogP contribution in [0.5, 0.6) is 0 Å². The van der Waals surface area contributed by atoms with Gasteiger partial charge in [-0.3, -0.25) is 0 Å². The van der Waals surface area contributed by atoms with E-state index in [0.717, 1.165) is 114 Å². The molecule has 0 fully saturated rings. The first-order valence-electron chi connectivity index (χ1n) is 55.3. The molecule has 0 amide bonds. The number of unbranched alkanes of at least 4 members (excludes halogenated alkanes) is 14. The quantitative estimate of drug-likeness (QED) is 0.0277. The Labute approximate surface area is 851 Å². The summed E-state index contributed by atoms with van der Waals surface area (Å²) in [7, 11) is 0. The van der Waals surface area contributed by atoms with E-state index in [0.29, 0.717) is 22.1 Å². The Kier molecular flexibility index (Phi) is 86.4. The molecule has 0 aromatic heterocycles. The van der Waals surface area contributed by atoms with E-state index in [4.69, 9.17) is 13.1 Å². The first-order valence-corrected chi connectivity index (χ1v) is 55.3. The van der Waals surface area contributed by atoms with Crippen LogP contribution >= 0.6 is 0 Å². The summed E-state index contributed by atoms with van der Waals surface area (Å²) >= 11 is 0. The van der Waals surface area contributed by atoms with Gasteiger partial charge in [0, 0.05) is 5.56 Å². The maximum absolute atomic E-state index is 13.7. The zero-order valence-corrected chi connectivity index (χ0v) is 98.5. The van der Waals surface area contributed by atoms with E-state index in [1.807, 2.05) is 59.7 Å². The van der Waals surface area contributed by atoms with Crippen LogP contribution in [0.2, 0.25) is 0 Å². The number of hydrogen-bond donors (Lipinski definition) is 0. The highest BCUT2D eigenvalue weighted by Gasteiger charge is 2.29. The Morgan fingerprint density at radius 1 is 0.190 bits per heavy atom. The highest BCUT2D eigenvalue weighted by molar-refractivity contribution is 5.56.